The zero-order chi connectivity index (χ0) is 65.6. The molecule has 0 fully saturated rings. The third-order valence-electron chi connectivity index (χ3n) is 16.0. The summed E-state index contributed by atoms with van der Waals surface area (Å²) in [4.78, 5) is 72.5. The molecule has 17 nitrogen and oxygen atoms in total. The molecule has 0 radical (unpaired) electrons. The summed E-state index contributed by atoms with van der Waals surface area (Å²) in [6.07, 6.45) is 52.1. The van der Waals surface area contributed by atoms with Crippen molar-refractivity contribution in [1.29, 1.82) is 0 Å². The molecule has 0 saturated heterocycles. The number of aliphatic hydroxyl groups is 1. The van der Waals surface area contributed by atoms with E-state index in [1.54, 1.807) is 0 Å². The highest BCUT2D eigenvalue weighted by molar-refractivity contribution is 7.47. The van der Waals surface area contributed by atoms with Crippen LogP contribution in [0.5, 0.6) is 0 Å². The number of hydrogen-bond acceptors (Lipinski definition) is 15. The Hall–Kier alpha value is -2.46. The van der Waals surface area contributed by atoms with Crippen LogP contribution in [0.2, 0.25) is 0 Å². The molecule has 3 N–H and O–H groups in total. The first kappa shape index (κ1) is 86.5. The van der Waals surface area contributed by atoms with Gasteiger partial charge in [-0.1, -0.05) is 284 Å². The first-order valence-corrected chi connectivity index (χ1v) is 39.0. The standard InChI is InChI=1S/C70H132O17P2/c1-6-10-13-16-19-22-25-27-29-31-33-36-39-45-50-55-69(74)86-65(59-80-68(73)54-49-44-38-35-32-30-28-26-23-20-17-14-11-7-2)61-84-88(76,77)82-57-64(71)58-83-89(78,79)85-62-66(87-70(75)56-51-46-41-40-42-47-52-63(5)9-4)60-81-67(72)53-48-43-37-34-24-21-18-15-12-8-3/h22,25,27,29,63-66,71H,6-21,23-24,26,28,30-62H2,1-5H3,(H,76,77)(H,78,79)/b25-22-,29-27-/t63?,64-,65-,66-/m1/s1. The summed E-state index contributed by atoms with van der Waals surface area (Å²) < 4.78 is 68.2. The smallest absolute Gasteiger partial charge is 0.462 e. The Bertz CT molecular complexity index is 1810. The summed E-state index contributed by atoms with van der Waals surface area (Å²) in [5.74, 6) is -1.44. The maximum Gasteiger partial charge on any atom is 0.472 e. The van der Waals surface area contributed by atoms with Gasteiger partial charge in [0.15, 0.2) is 12.2 Å². The SMILES string of the molecule is CCCCCC/C=C\C=C/CCCCCCCC(=O)O[C@H](COC(=O)CCCCCCCCCCCCCCCC)COP(=O)(O)OC[C@@H](O)COP(=O)(O)OC[C@@H](COC(=O)CCCCCCCCCCCC)OC(=O)CCCCCCCCC(C)CC. The van der Waals surface area contributed by atoms with Crippen LogP contribution in [0.1, 0.15) is 336 Å². The second kappa shape index (κ2) is 63.0. The minimum absolute atomic E-state index is 0.0854. The maximum atomic E-state index is 13.0. The van der Waals surface area contributed by atoms with E-state index in [-0.39, 0.29) is 25.7 Å². The molecule has 0 spiro atoms. The molecule has 0 rings (SSSR count). The zero-order valence-corrected chi connectivity index (χ0v) is 58.8. The van der Waals surface area contributed by atoms with Crippen LogP contribution in [0.15, 0.2) is 24.3 Å². The van der Waals surface area contributed by atoms with Crippen LogP contribution in [0.3, 0.4) is 0 Å². The molecule has 0 aromatic rings. The lowest BCUT2D eigenvalue weighted by Crippen LogP contribution is -2.30. The van der Waals surface area contributed by atoms with Crippen LogP contribution in [0.25, 0.3) is 0 Å². The Morgan fingerprint density at radius 2 is 0.629 bits per heavy atom. The van der Waals surface area contributed by atoms with E-state index in [2.05, 4.69) is 58.9 Å². The van der Waals surface area contributed by atoms with Gasteiger partial charge in [-0.15, -0.1) is 0 Å². The third-order valence-corrected chi connectivity index (χ3v) is 17.9. The van der Waals surface area contributed by atoms with Gasteiger partial charge in [-0.2, -0.15) is 0 Å². The lowest BCUT2D eigenvalue weighted by atomic mass is 10.00. The number of allylic oxidation sites excluding steroid dienone is 4. The average molecular weight is 1310 g/mol. The topological polar surface area (TPSA) is 237 Å². The molecule has 0 aromatic carbocycles. The van der Waals surface area contributed by atoms with Gasteiger partial charge in [0, 0.05) is 25.7 Å². The number of esters is 4. The van der Waals surface area contributed by atoms with Crippen molar-refractivity contribution in [1.82, 2.24) is 0 Å². The number of carbonyl (C=O) groups excluding carboxylic acids is 4. The Balaban J connectivity index is 5.28. The van der Waals surface area contributed by atoms with E-state index in [4.69, 9.17) is 37.0 Å². The van der Waals surface area contributed by atoms with Gasteiger partial charge < -0.3 is 33.8 Å². The molecule has 19 heteroatoms. The number of ether oxygens (including phenoxy) is 4. The summed E-state index contributed by atoms with van der Waals surface area (Å²) in [6, 6.07) is 0. The molecule has 6 atom stereocenters. The predicted octanol–water partition coefficient (Wildman–Crippen LogP) is 19.7. The van der Waals surface area contributed by atoms with Crippen molar-refractivity contribution in [3.05, 3.63) is 24.3 Å². The lowest BCUT2D eigenvalue weighted by molar-refractivity contribution is -0.161. The van der Waals surface area contributed by atoms with Gasteiger partial charge in [-0.25, -0.2) is 9.13 Å². The number of phosphoric ester groups is 2. The Kier molecular flexibility index (Phi) is 61.2. The van der Waals surface area contributed by atoms with Gasteiger partial charge in [0.1, 0.15) is 19.3 Å². The molecule has 89 heavy (non-hydrogen) atoms. The van der Waals surface area contributed by atoms with E-state index < -0.39 is 97.5 Å². The number of hydrogen-bond donors (Lipinski definition) is 3. The summed E-state index contributed by atoms with van der Waals surface area (Å²) in [5.41, 5.74) is 0. The first-order chi connectivity index (χ1) is 43.1. The van der Waals surface area contributed by atoms with Crippen LogP contribution in [-0.4, -0.2) is 96.7 Å². The summed E-state index contributed by atoms with van der Waals surface area (Å²) >= 11 is 0. The maximum absolute atomic E-state index is 13.0. The quantitative estimate of drug-likeness (QED) is 0.0169. The fraction of sp³-hybridized carbons (Fsp3) is 0.886. The van der Waals surface area contributed by atoms with Gasteiger partial charge >= 0.3 is 39.5 Å². The number of rotatable bonds is 68. The molecule has 0 bridgehead atoms. The fourth-order valence-electron chi connectivity index (χ4n) is 10.1. The molecule has 0 heterocycles. The van der Waals surface area contributed by atoms with Crippen molar-refractivity contribution in [3.63, 3.8) is 0 Å². The predicted molar refractivity (Wildman–Crippen MR) is 358 cm³/mol. The van der Waals surface area contributed by atoms with Crippen LogP contribution in [0, 0.1) is 5.92 Å². The molecule has 3 unspecified atom stereocenters. The monoisotopic (exact) mass is 1310 g/mol. The Morgan fingerprint density at radius 3 is 0.955 bits per heavy atom. The molecular weight excluding hydrogens is 1170 g/mol. The molecule has 0 aliphatic heterocycles. The van der Waals surface area contributed by atoms with Crippen molar-refractivity contribution >= 4 is 39.5 Å². The highest BCUT2D eigenvalue weighted by Gasteiger charge is 2.30. The second-order valence-electron chi connectivity index (χ2n) is 24.8. The largest absolute Gasteiger partial charge is 0.472 e. The molecule has 0 aromatic heterocycles. The summed E-state index contributed by atoms with van der Waals surface area (Å²) in [7, 11) is -9.91. The molecule has 0 aliphatic rings. The van der Waals surface area contributed by atoms with Crippen LogP contribution < -0.4 is 0 Å². The van der Waals surface area contributed by atoms with Crippen molar-refractivity contribution in [2.45, 2.75) is 355 Å². The van der Waals surface area contributed by atoms with Crippen molar-refractivity contribution in [2.24, 2.45) is 5.92 Å². The third kappa shape index (κ3) is 62.7. The fourth-order valence-corrected chi connectivity index (χ4v) is 11.6. The van der Waals surface area contributed by atoms with E-state index >= 15 is 0 Å². The van der Waals surface area contributed by atoms with Crippen molar-refractivity contribution in [2.75, 3.05) is 39.6 Å². The highest BCUT2D eigenvalue weighted by Crippen LogP contribution is 2.45. The molecule has 0 amide bonds. The van der Waals surface area contributed by atoms with E-state index in [9.17, 15) is 43.2 Å². The van der Waals surface area contributed by atoms with E-state index in [0.717, 1.165) is 109 Å². The molecule has 524 valence electrons. The summed E-state index contributed by atoms with van der Waals surface area (Å²) in [5, 5.41) is 10.6. The Morgan fingerprint density at radius 1 is 0.360 bits per heavy atom. The molecular formula is C70H132O17P2. The van der Waals surface area contributed by atoms with Crippen LogP contribution >= 0.6 is 15.6 Å². The number of aliphatic hydroxyl groups excluding tert-OH is 1. The zero-order valence-electron chi connectivity index (χ0n) is 57.0. The van der Waals surface area contributed by atoms with E-state index in [1.807, 2.05) is 0 Å². The van der Waals surface area contributed by atoms with Gasteiger partial charge in [0.25, 0.3) is 0 Å². The van der Waals surface area contributed by atoms with Gasteiger partial charge in [0.2, 0.25) is 0 Å². The lowest BCUT2D eigenvalue weighted by Gasteiger charge is -2.21. The van der Waals surface area contributed by atoms with E-state index in [1.165, 1.54) is 148 Å². The second-order valence-corrected chi connectivity index (χ2v) is 27.7. The van der Waals surface area contributed by atoms with Gasteiger partial charge in [-0.3, -0.25) is 37.3 Å². The van der Waals surface area contributed by atoms with E-state index in [0.29, 0.717) is 25.7 Å². The normalized spacial score (nSPS) is 14.6. The van der Waals surface area contributed by atoms with Gasteiger partial charge in [0.05, 0.1) is 26.4 Å². The number of carbonyl (C=O) groups is 4. The molecule has 0 saturated carbocycles. The van der Waals surface area contributed by atoms with Crippen LogP contribution in [0.4, 0.5) is 0 Å². The van der Waals surface area contributed by atoms with Crippen molar-refractivity contribution < 1.29 is 80.2 Å². The van der Waals surface area contributed by atoms with Gasteiger partial charge in [-0.05, 0) is 57.3 Å². The summed E-state index contributed by atoms with van der Waals surface area (Å²) in [6.45, 7) is 7.12. The minimum atomic E-state index is -4.96. The van der Waals surface area contributed by atoms with Crippen LogP contribution in [-0.2, 0) is 65.4 Å². The van der Waals surface area contributed by atoms with Crippen molar-refractivity contribution in [3.8, 4) is 0 Å². The minimum Gasteiger partial charge on any atom is -0.462 e. The number of unbranched alkanes of at least 4 members (excludes halogenated alkanes) is 36. The highest BCUT2D eigenvalue weighted by atomic mass is 31.2. The average Bonchev–Trinajstić information content (AvgIpc) is 3.52. The number of phosphoric acid groups is 2. The molecule has 0 aliphatic carbocycles. The first-order valence-electron chi connectivity index (χ1n) is 36.0. The Labute approximate surface area is 542 Å².